The van der Waals surface area contributed by atoms with Crippen LogP contribution in [0.25, 0.3) is 5.70 Å². The van der Waals surface area contributed by atoms with Crippen molar-refractivity contribution in [2.24, 2.45) is 11.3 Å². The first-order valence-corrected chi connectivity index (χ1v) is 9.03. The molecule has 0 bridgehead atoms. The molecule has 3 heteroatoms. The fourth-order valence-corrected chi connectivity index (χ4v) is 4.04. The van der Waals surface area contributed by atoms with Gasteiger partial charge in [0.05, 0.1) is 0 Å². The number of Topliss-reactive ketones (excluding diaryl/α,β-unsaturated/α-hetero) is 1. The predicted octanol–water partition coefficient (Wildman–Crippen LogP) is 4.95. The van der Waals surface area contributed by atoms with Gasteiger partial charge in [-0.15, -0.1) is 0 Å². The summed E-state index contributed by atoms with van der Waals surface area (Å²) in [6.45, 7) is 4.32. The minimum Gasteiger partial charge on any atom is -0.358 e. The van der Waals surface area contributed by atoms with Crippen LogP contribution < -0.4 is 5.32 Å². The molecule has 1 N–H and O–H groups in total. The third-order valence-electron chi connectivity index (χ3n) is 5.05. The number of halogens is 1. The van der Waals surface area contributed by atoms with E-state index in [2.05, 4.69) is 38.1 Å². The first kappa shape index (κ1) is 16.9. The van der Waals surface area contributed by atoms with E-state index in [1.807, 2.05) is 37.1 Å². The molecule has 25 heavy (non-hydrogen) atoms. The van der Waals surface area contributed by atoms with Gasteiger partial charge in [0.15, 0.2) is 5.78 Å². The summed E-state index contributed by atoms with van der Waals surface area (Å²) < 4.78 is 0. The highest BCUT2D eigenvalue weighted by Crippen LogP contribution is 2.46. The van der Waals surface area contributed by atoms with Crippen molar-refractivity contribution >= 4 is 23.1 Å². The van der Waals surface area contributed by atoms with E-state index in [0.717, 1.165) is 34.0 Å². The lowest BCUT2D eigenvalue weighted by molar-refractivity contribution is -0.118. The lowest BCUT2D eigenvalue weighted by atomic mass is 9.69. The van der Waals surface area contributed by atoms with Gasteiger partial charge in [-0.25, -0.2) is 0 Å². The van der Waals surface area contributed by atoms with E-state index in [9.17, 15) is 4.79 Å². The molecule has 1 unspecified atom stereocenters. The topological polar surface area (TPSA) is 29.1 Å². The lowest BCUT2D eigenvalue weighted by Gasteiger charge is -2.39. The van der Waals surface area contributed by atoms with Crippen molar-refractivity contribution < 1.29 is 4.79 Å². The molecule has 2 aliphatic carbocycles. The van der Waals surface area contributed by atoms with Gasteiger partial charge >= 0.3 is 0 Å². The van der Waals surface area contributed by atoms with Crippen LogP contribution in [0.2, 0.25) is 5.02 Å². The summed E-state index contributed by atoms with van der Waals surface area (Å²) in [6, 6.07) is 7.84. The molecule has 1 fully saturated rings. The van der Waals surface area contributed by atoms with E-state index in [1.54, 1.807) is 0 Å². The summed E-state index contributed by atoms with van der Waals surface area (Å²) in [5.74, 6) is 1.45. The maximum Gasteiger partial charge on any atom is 0.161 e. The van der Waals surface area contributed by atoms with Gasteiger partial charge in [0.25, 0.3) is 0 Å². The van der Waals surface area contributed by atoms with Gasteiger partial charge in [-0.1, -0.05) is 43.7 Å². The molecule has 3 aliphatic rings. The Kier molecular flexibility index (Phi) is 4.27. The van der Waals surface area contributed by atoms with E-state index in [0.29, 0.717) is 6.42 Å². The van der Waals surface area contributed by atoms with Crippen molar-refractivity contribution in [2.45, 2.75) is 26.7 Å². The molecule has 1 heterocycles. The van der Waals surface area contributed by atoms with Crippen molar-refractivity contribution in [1.82, 2.24) is 5.32 Å². The Morgan fingerprint density at radius 2 is 1.76 bits per heavy atom. The largest absolute Gasteiger partial charge is 0.358 e. The van der Waals surface area contributed by atoms with Crippen molar-refractivity contribution in [1.29, 1.82) is 0 Å². The summed E-state index contributed by atoms with van der Waals surface area (Å²) in [6.07, 6.45) is 11.9. The Bertz CT molecular complexity index is 751. The standard InChI is InChI=1S/C22H21ClNO/c1-22(2)12-19-21(20(25)13-22)17(14-5-3-4-6-14)11-18(24-19)15-7-9-16(23)10-8-15/h3-11,17,24H,12-13H2,1-2H3. The molecular formula is C22H21ClNO. The number of benzene rings is 1. The first-order chi connectivity index (χ1) is 11.9. The fraction of sp³-hybridized carbons (Fsp3) is 0.273. The van der Waals surface area contributed by atoms with Crippen LogP contribution >= 0.6 is 11.6 Å². The Morgan fingerprint density at radius 1 is 1.08 bits per heavy atom. The SMILES string of the molecule is CC1(C)CC(=O)C2=C(C1)NC(c1ccc(Cl)cc1)=CC2[C]1[CH][CH][CH][CH]1. The van der Waals surface area contributed by atoms with E-state index < -0.39 is 0 Å². The number of dihydropyridines is 1. The second-order valence-electron chi connectivity index (χ2n) is 7.74. The van der Waals surface area contributed by atoms with Crippen LogP contribution in [0, 0.1) is 42.9 Å². The van der Waals surface area contributed by atoms with Crippen LogP contribution in [0.15, 0.2) is 41.6 Å². The minimum atomic E-state index is -0.0120. The van der Waals surface area contributed by atoms with Gasteiger partial charge in [0, 0.05) is 34.3 Å². The van der Waals surface area contributed by atoms with Crippen LogP contribution in [0.4, 0.5) is 0 Å². The summed E-state index contributed by atoms with van der Waals surface area (Å²) in [5.41, 5.74) is 4.13. The molecule has 0 saturated heterocycles. The van der Waals surface area contributed by atoms with Crippen molar-refractivity contribution in [3.8, 4) is 0 Å². The van der Waals surface area contributed by atoms with Gasteiger partial charge in [0.1, 0.15) is 0 Å². The molecule has 4 rings (SSSR count). The summed E-state index contributed by atoms with van der Waals surface area (Å²) in [7, 11) is 0. The van der Waals surface area contributed by atoms with Gasteiger partial charge in [-0.3, -0.25) is 4.79 Å². The van der Waals surface area contributed by atoms with Gasteiger partial charge in [0.2, 0.25) is 0 Å². The summed E-state index contributed by atoms with van der Waals surface area (Å²) in [5, 5.41) is 4.27. The van der Waals surface area contributed by atoms with Gasteiger partial charge in [-0.2, -0.15) is 0 Å². The molecule has 127 valence electrons. The number of carbonyl (C=O) groups excluding carboxylic acids is 1. The molecule has 1 aromatic rings. The van der Waals surface area contributed by atoms with Gasteiger partial charge < -0.3 is 5.32 Å². The third-order valence-corrected chi connectivity index (χ3v) is 5.30. The zero-order chi connectivity index (χ0) is 17.6. The Hall–Kier alpha value is -1.54. The monoisotopic (exact) mass is 350 g/mol. The highest BCUT2D eigenvalue weighted by atomic mass is 35.5. The quantitative estimate of drug-likeness (QED) is 0.817. The molecule has 1 saturated carbocycles. The molecule has 1 atom stereocenters. The smallest absolute Gasteiger partial charge is 0.161 e. The van der Waals surface area contributed by atoms with Gasteiger partial charge in [-0.05, 0) is 61.1 Å². The normalized spacial score (nSPS) is 26.3. The van der Waals surface area contributed by atoms with Crippen LogP contribution in [-0.4, -0.2) is 5.78 Å². The zero-order valence-corrected chi connectivity index (χ0v) is 15.2. The second-order valence-corrected chi connectivity index (χ2v) is 8.18. The lowest BCUT2D eigenvalue weighted by Crippen LogP contribution is -2.37. The maximum atomic E-state index is 12.9. The molecule has 1 aliphatic heterocycles. The van der Waals surface area contributed by atoms with Crippen LogP contribution in [0.1, 0.15) is 32.3 Å². The summed E-state index contributed by atoms with van der Waals surface area (Å²) >= 11 is 6.03. The van der Waals surface area contributed by atoms with E-state index in [-0.39, 0.29) is 17.1 Å². The van der Waals surface area contributed by atoms with E-state index >= 15 is 0 Å². The fourth-order valence-electron chi connectivity index (χ4n) is 3.92. The molecular weight excluding hydrogens is 330 g/mol. The van der Waals surface area contributed by atoms with Crippen LogP contribution in [0.5, 0.6) is 0 Å². The zero-order valence-electron chi connectivity index (χ0n) is 14.5. The molecule has 5 radical (unpaired) electrons. The average Bonchev–Trinajstić information content (AvgIpc) is 3.07. The predicted molar refractivity (Wildman–Crippen MR) is 102 cm³/mol. The second kappa shape index (κ2) is 6.32. The van der Waals surface area contributed by atoms with Crippen LogP contribution in [-0.2, 0) is 4.79 Å². The Balaban J connectivity index is 1.75. The minimum absolute atomic E-state index is 0.0120. The molecule has 2 nitrogen and oxygen atoms in total. The number of nitrogens with one attached hydrogen (secondary N) is 1. The highest BCUT2D eigenvalue weighted by molar-refractivity contribution is 6.30. The van der Waals surface area contributed by atoms with E-state index in [4.69, 9.17) is 11.6 Å². The maximum absolute atomic E-state index is 12.9. The van der Waals surface area contributed by atoms with Crippen molar-refractivity contribution in [3.05, 3.63) is 83.8 Å². The number of hydrogen-bond donors (Lipinski definition) is 1. The summed E-state index contributed by atoms with van der Waals surface area (Å²) in [4.78, 5) is 12.9. The van der Waals surface area contributed by atoms with Crippen LogP contribution in [0.3, 0.4) is 0 Å². The Morgan fingerprint density at radius 3 is 2.44 bits per heavy atom. The molecule has 0 spiro atoms. The third kappa shape index (κ3) is 3.29. The number of ketones is 1. The number of rotatable bonds is 2. The molecule has 1 aromatic carbocycles. The number of allylic oxidation sites excluding steroid dienone is 3. The van der Waals surface area contributed by atoms with Crippen molar-refractivity contribution in [3.63, 3.8) is 0 Å². The number of hydrogen-bond acceptors (Lipinski definition) is 2. The Labute approximate surface area is 155 Å². The molecule has 0 aromatic heterocycles. The highest BCUT2D eigenvalue weighted by Gasteiger charge is 2.41. The average molecular weight is 351 g/mol. The molecule has 0 amide bonds. The van der Waals surface area contributed by atoms with E-state index in [1.165, 1.54) is 5.92 Å². The van der Waals surface area contributed by atoms with Crippen molar-refractivity contribution in [2.75, 3.05) is 0 Å². The first-order valence-electron chi connectivity index (χ1n) is 8.66. The number of carbonyl (C=O) groups is 1.